The number of phenols is 2. The number of nitrogens with zero attached hydrogens (tertiary/aromatic N) is 1. The van der Waals surface area contributed by atoms with E-state index in [0.29, 0.717) is 18.8 Å². The van der Waals surface area contributed by atoms with Crippen molar-refractivity contribution in [2.24, 2.45) is 10.7 Å². The van der Waals surface area contributed by atoms with Gasteiger partial charge in [-0.3, -0.25) is 0 Å². The number of hydrogen-bond acceptors (Lipinski definition) is 6. The van der Waals surface area contributed by atoms with Crippen LogP contribution in [0.4, 0.5) is 0 Å². The van der Waals surface area contributed by atoms with Crippen LogP contribution in [0.1, 0.15) is 19.8 Å². The summed E-state index contributed by atoms with van der Waals surface area (Å²) in [6.45, 7) is 2.47. The molecule has 2 atom stereocenters. The van der Waals surface area contributed by atoms with Crippen molar-refractivity contribution in [2.45, 2.75) is 31.9 Å². The topological polar surface area (TPSA) is 97.3 Å². The summed E-state index contributed by atoms with van der Waals surface area (Å²) >= 11 is 0. The Hall–Kier alpha value is -2.11. The molecular weight excluding hydrogens is 248 g/mol. The van der Waals surface area contributed by atoms with Crippen molar-refractivity contribution in [1.29, 1.82) is 0 Å². The molecule has 0 aliphatic carbocycles. The number of aromatic hydroxyl groups is 2. The third-order valence-electron chi connectivity index (χ3n) is 2.90. The van der Waals surface area contributed by atoms with Crippen LogP contribution in [0, 0.1) is 0 Å². The standard InChI is InChI=1S/C13H18N2O4/c1-2-11(3-8-7-18-13(14)15-8)19-12-5-9(16)4-10(17)6-12/h4-6,8,11,16-17H,2-3,7H2,1H3,(H2,14,15)/t8-,11?/m0/s1. The maximum atomic E-state index is 9.40. The van der Waals surface area contributed by atoms with Gasteiger partial charge in [-0.25, -0.2) is 4.99 Å². The number of hydrogen-bond donors (Lipinski definition) is 3. The van der Waals surface area contributed by atoms with Gasteiger partial charge >= 0.3 is 0 Å². The Morgan fingerprint density at radius 2 is 2.11 bits per heavy atom. The maximum Gasteiger partial charge on any atom is 0.282 e. The molecule has 104 valence electrons. The zero-order valence-corrected chi connectivity index (χ0v) is 10.7. The predicted octanol–water partition coefficient (Wildman–Crippen LogP) is 1.36. The lowest BCUT2D eigenvalue weighted by atomic mass is 10.1. The van der Waals surface area contributed by atoms with Crippen molar-refractivity contribution < 1.29 is 19.7 Å². The molecular formula is C13H18N2O4. The van der Waals surface area contributed by atoms with E-state index in [2.05, 4.69) is 4.99 Å². The van der Waals surface area contributed by atoms with Gasteiger partial charge in [0, 0.05) is 24.6 Å². The molecule has 1 aromatic carbocycles. The second kappa shape index (κ2) is 5.69. The van der Waals surface area contributed by atoms with Crippen LogP contribution in [-0.2, 0) is 4.74 Å². The molecule has 2 rings (SSSR count). The minimum Gasteiger partial charge on any atom is -0.508 e. The van der Waals surface area contributed by atoms with Gasteiger partial charge in [-0.05, 0) is 6.42 Å². The molecule has 1 aliphatic heterocycles. The number of phenolic OH excluding ortho intramolecular Hbond substituents is 2. The molecule has 0 fully saturated rings. The zero-order chi connectivity index (χ0) is 13.8. The van der Waals surface area contributed by atoms with Crippen molar-refractivity contribution in [3.05, 3.63) is 18.2 Å². The molecule has 0 aromatic heterocycles. The van der Waals surface area contributed by atoms with E-state index in [0.717, 1.165) is 6.42 Å². The fourth-order valence-electron chi connectivity index (χ4n) is 1.99. The SMILES string of the molecule is CCC(C[C@H]1COC(N)=N1)Oc1cc(O)cc(O)c1. The molecule has 1 heterocycles. The largest absolute Gasteiger partial charge is 0.508 e. The number of benzene rings is 1. The van der Waals surface area contributed by atoms with Gasteiger partial charge in [0.25, 0.3) is 6.02 Å². The summed E-state index contributed by atoms with van der Waals surface area (Å²) in [4.78, 5) is 4.15. The van der Waals surface area contributed by atoms with Crippen molar-refractivity contribution >= 4 is 6.02 Å². The van der Waals surface area contributed by atoms with Crippen molar-refractivity contribution in [1.82, 2.24) is 0 Å². The number of rotatable bonds is 5. The quantitative estimate of drug-likeness (QED) is 0.747. The van der Waals surface area contributed by atoms with E-state index in [9.17, 15) is 10.2 Å². The minimum atomic E-state index is -0.0792. The van der Waals surface area contributed by atoms with Crippen LogP contribution in [0.25, 0.3) is 0 Å². The number of aliphatic imine (C=N–C) groups is 1. The lowest BCUT2D eigenvalue weighted by molar-refractivity contribution is 0.167. The van der Waals surface area contributed by atoms with Crippen LogP contribution in [0.2, 0.25) is 0 Å². The third kappa shape index (κ3) is 3.67. The summed E-state index contributed by atoms with van der Waals surface area (Å²) in [6.07, 6.45) is 1.38. The first-order chi connectivity index (χ1) is 9.06. The van der Waals surface area contributed by atoms with Gasteiger partial charge in [0.05, 0.1) is 6.04 Å². The summed E-state index contributed by atoms with van der Waals surface area (Å²) in [7, 11) is 0. The summed E-state index contributed by atoms with van der Waals surface area (Å²) in [5.74, 6) is 0.368. The van der Waals surface area contributed by atoms with Crippen LogP contribution in [0.15, 0.2) is 23.2 Å². The Morgan fingerprint density at radius 3 is 2.63 bits per heavy atom. The van der Waals surface area contributed by atoms with Gasteiger partial charge in [-0.2, -0.15) is 0 Å². The molecule has 6 nitrogen and oxygen atoms in total. The van der Waals surface area contributed by atoms with Gasteiger partial charge in [-0.1, -0.05) is 6.92 Å². The normalized spacial score (nSPS) is 19.6. The molecule has 0 saturated carbocycles. The van der Waals surface area contributed by atoms with E-state index in [1.165, 1.54) is 18.2 Å². The Kier molecular flexibility index (Phi) is 3.99. The molecule has 0 bridgehead atoms. The smallest absolute Gasteiger partial charge is 0.282 e. The molecule has 0 spiro atoms. The Bertz CT molecular complexity index is 455. The predicted molar refractivity (Wildman–Crippen MR) is 70.5 cm³/mol. The van der Waals surface area contributed by atoms with E-state index in [1.54, 1.807) is 0 Å². The molecule has 0 saturated heterocycles. The highest BCUT2D eigenvalue weighted by Crippen LogP contribution is 2.27. The Balaban J connectivity index is 1.98. The van der Waals surface area contributed by atoms with Crippen molar-refractivity contribution in [3.63, 3.8) is 0 Å². The monoisotopic (exact) mass is 266 g/mol. The lowest BCUT2D eigenvalue weighted by Gasteiger charge is -2.19. The summed E-state index contributed by atoms with van der Waals surface area (Å²) < 4.78 is 10.8. The van der Waals surface area contributed by atoms with Gasteiger partial charge in [0.2, 0.25) is 0 Å². The second-order valence-electron chi connectivity index (χ2n) is 4.50. The zero-order valence-electron chi connectivity index (χ0n) is 10.7. The fourth-order valence-corrected chi connectivity index (χ4v) is 1.99. The minimum absolute atomic E-state index is 0.00384. The van der Waals surface area contributed by atoms with Crippen LogP contribution < -0.4 is 10.5 Å². The van der Waals surface area contributed by atoms with Crippen LogP contribution in [0.3, 0.4) is 0 Å². The van der Waals surface area contributed by atoms with E-state index >= 15 is 0 Å². The average Bonchev–Trinajstić information content (AvgIpc) is 2.72. The van der Waals surface area contributed by atoms with Gasteiger partial charge in [-0.15, -0.1) is 0 Å². The first-order valence-electron chi connectivity index (χ1n) is 6.22. The molecule has 1 unspecified atom stereocenters. The highest BCUT2D eigenvalue weighted by molar-refractivity contribution is 5.73. The lowest BCUT2D eigenvalue weighted by Crippen LogP contribution is -2.22. The van der Waals surface area contributed by atoms with E-state index in [1.807, 2.05) is 6.92 Å². The van der Waals surface area contributed by atoms with E-state index in [-0.39, 0.29) is 29.7 Å². The highest BCUT2D eigenvalue weighted by atomic mass is 16.5. The van der Waals surface area contributed by atoms with Crippen LogP contribution in [-0.4, -0.2) is 35.0 Å². The number of nitrogens with two attached hydrogens (primary N) is 1. The van der Waals surface area contributed by atoms with Gasteiger partial charge < -0.3 is 25.4 Å². The van der Waals surface area contributed by atoms with E-state index < -0.39 is 0 Å². The highest BCUT2D eigenvalue weighted by Gasteiger charge is 2.22. The van der Waals surface area contributed by atoms with Crippen LogP contribution >= 0.6 is 0 Å². The summed E-state index contributed by atoms with van der Waals surface area (Å²) in [5, 5.41) is 18.8. The Morgan fingerprint density at radius 1 is 1.42 bits per heavy atom. The molecule has 0 radical (unpaired) electrons. The molecule has 0 amide bonds. The average molecular weight is 266 g/mol. The molecule has 1 aliphatic rings. The number of ether oxygens (including phenoxy) is 2. The van der Waals surface area contributed by atoms with Crippen LogP contribution in [0.5, 0.6) is 17.2 Å². The fraction of sp³-hybridized carbons (Fsp3) is 0.462. The van der Waals surface area contributed by atoms with Gasteiger partial charge in [0.15, 0.2) is 0 Å². The van der Waals surface area contributed by atoms with Crippen molar-refractivity contribution in [2.75, 3.05) is 6.61 Å². The van der Waals surface area contributed by atoms with E-state index in [4.69, 9.17) is 15.2 Å². The molecule has 6 heteroatoms. The molecule has 19 heavy (non-hydrogen) atoms. The second-order valence-corrected chi connectivity index (χ2v) is 4.50. The Labute approximate surface area is 111 Å². The van der Waals surface area contributed by atoms with Crippen molar-refractivity contribution in [3.8, 4) is 17.2 Å². The maximum absolute atomic E-state index is 9.40. The summed E-state index contributed by atoms with van der Waals surface area (Å²) in [5.41, 5.74) is 5.46. The third-order valence-corrected chi connectivity index (χ3v) is 2.90. The summed E-state index contributed by atoms with van der Waals surface area (Å²) in [6, 6.07) is 4.39. The van der Waals surface area contributed by atoms with Gasteiger partial charge in [0.1, 0.15) is 30.0 Å². The molecule has 1 aromatic rings. The first-order valence-corrected chi connectivity index (χ1v) is 6.22. The number of amidine groups is 1. The first kappa shape index (κ1) is 13.3. The molecule has 4 N–H and O–H groups in total.